The molecule has 8 heteroatoms. The Labute approximate surface area is 194 Å². The third-order valence-corrected chi connectivity index (χ3v) is 6.10. The molecule has 0 aliphatic heterocycles. The van der Waals surface area contributed by atoms with Crippen LogP contribution in [0.15, 0.2) is 29.0 Å². The van der Waals surface area contributed by atoms with Gasteiger partial charge >= 0.3 is 0 Å². The fraction of sp³-hybridized carbons (Fsp3) is 0.520. The second kappa shape index (κ2) is 9.47. The van der Waals surface area contributed by atoms with E-state index in [-0.39, 0.29) is 24.0 Å². The van der Waals surface area contributed by atoms with Crippen LogP contribution in [0.25, 0.3) is 22.0 Å². The summed E-state index contributed by atoms with van der Waals surface area (Å²) in [5, 5.41) is 15.0. The van der Waals surface area contributed by atoms with Crippen molar-refractivity contribution < 1.29 is 9.32 Å². The number of aromatic nitrogens is 3. The van der Waals surface area contributed by atoms with Crippen LogP contribution in [0.3, 0.4) is 0 Å². The lowest BCUT2D eigenvalue weighted by molar-refractivity contribution is -0.120. The average Bonchev–Trinajstić information content (AvgIpc) is 3.10. The molecular weight excluding hydrogens is 416 g/mol. The summed E-state index contributed by atoms with van der Waals surface area (Å²) in [6.07, 6.45) is 5.67. The van der Waals surface area contributed by atoms with Crippen molar-refractivity contribution in [3.63, 3.8) is 0 Å². The van der Waals surface area contributed by atoms with E-state index in [4.69, 9.17) is 4.52 Å². The molecule has 3 aromatic rings. The molecule has 1 aliphatic rings. The molecular formula is C25H34N6O2. The highest BCUT2D eigenvalue weighted by Gasteiger charge is 2.25. The van der Waals surface area contributed by atoms with Crippen molar-refractivity contribution in [2.24, 2.45) is 0 Å². The number of rotatable bonds is 6. The van der Waals surface area contributed by atoms with E-state index < -0.39 is 0 Å². The number of carbonyl (C=O) groups is 1. The van der Waals surface area contributed by atoms with Crippen LogP contribution < -0.4 is 16.0 Å². The number of hydrogen-bond acceptors (Lipinski definition) is 7. The van der Waals surface area contributed by atoms with Crippen LogP contribution in [0.2, 0.25) is 0 Å². The number of nitrogens with one attached hydrogen (secondary N) is 3. The molecule has 0 radical (unpaired) electrons. The van der Waals surface area contributed by atoms with Crippen molar-refractivity contribution in [3.8, 4) is 11.1 Å². The normalized spacial score (nSPS) is 18.9. The third kappa shape index (κ3) is 5.68. The Bertz CT molecular complexity index is 1110. The minimum Gasteiger partial charge on any atom is -0.361 e. The third-order valence-electron chi connectivity index (χ3n) is 6.10. The monoisotopic (exact) mass is 450 g/mol. The van der Waals surface area contributed by atoms with Gasteiger partial charge in [-0.15, -0.1) is 0 Å². The number of carbonyl (C=O) groups excluding carboxylic acids is 1. The Kier molecular flexibility index (Phi) is 6.65. The molecule has 1 amide bonds. The predicted molar refractivity (Wildman–Crippen MR) is 130 cm³/mol. The van der Waals surface area contributed by atoms with Crippen LogP contribution in [-0.4, -0.2) is 45.2 Å². The van der Waals surface area contributed by atoms with Gasteiger partial charge < -0.3 is 20.5 Å². The molecule has 1 fully saturated rings. The lowest BCUT2D eigenvalue weighted by atomic mass is 9.89. The number of anilines is 1. The van der Waals surface area contributed by atoms with Crippen molar-refractivity contribution in [1.82, 2.24) is 25.8 Å². The first-order valence-electron chi connectivity index (χ1n) is 11.7. The van der Waals surface area contributed by atoms with Gasteiger partial charge in [0.05, 0.1) is 17.8 Å². The van der Waals surface area contributed by atoms with E-state index in [1.807, 2.05) is 32.0 Å². The first-order valence-corrected chi connectivity index (χ1v) is 11.7. The highest BCUT2D eigenvalue weighted by atomic mass is 16.5. The van der Waals surface area contributed by atoms with E-state index in [1.165, 1.54) is 6.33 Å². The van der Waals surface area contributed by atoms with Gasteiger partial charge in [0.2, 0.25) is 5.91 Å². The Morgan fingerprint density at radius 2 is 1.82 bits per heavy atom. The minimum atomic E-state index is -0.0177. The molecule has 1 saturated carbocycles. The topological polar surface area (TPSA) is 105 Å². The molecule has 8 nitrogen and oxygen atoms in total. The molecule has 0 bridgehead atoms. The van der Waals surface area contributed by atoms with Gasteiger partial charge in [0.25, 0.3) is 0 Å². The summed E-state index contributed by atoms with van der Waals surface area (Å²) in [7, 11) is 0. The molecule has 0 unspecified atom stereocenters. The fourth-order valence-corrected chi connectivity index (χ4v) is 4.69. The first-order chi connectivity index (χ1) is 15.7. The van der Waals surface area contributed by atoms with Crippen molar-refractivity contribution in [2.75, 3.05) is 11.9 Å². The SMILES string of the molecule is Cc1noc(C)c1-c1ccc2ncnc(NCC(=O)NC3CCC(NC(C)(C)C)CC3)c2c1. The maximum atomic E-state index is 12.6. The fourth-order valence-electron chi connectivity index (χ4n) is 4.69. The van der Waals surface area contributed by atoms with Crippen molar-refractivity contribution in [3.05, 3.63) is 36.0 Å². The van der Waals surface area contributed by atoms with Crippen LogP contribution in [0.1, 0.15) is 57.9 Å². The van der Waals surface area contributed by atoms with E-state index in [9.17, 15) is 4.79 Å². The van der Waals surface area contributed by atoms with Crippen LogP contribution in [0.4, 0.5) is 5.82 Å². The van der Waals surface area contributed by atoms with Crippen molar-refractivity contribution in [2.45, 2.75) is 77.9 Å². The highest BCUT2D eigenvalue weighted by molar-refractivity contribution is 5.94. The van der Waals surface area contributed by atoms with Gasteiger partial charge in [-0.05, 0) is 78.0 Å². The summed E-state index contributed by atoms with van der Waals surface area (Å²) >= 11 is 0. The molecule has 0 atom stereocenters. The summed E-state index contributed by atoms with van der Waals surface area (Å²) in [5.41, 5.74) is 3.73. The molecule has 2 heterocycles. The second-order valence-electron chi connectivity index (χ2n) is 10.0. The van der Waals surface area contributed by atoms with Gasteiger partial charge in [0.1, 0.15) is 17.9 Å². The molecule has 0 saturated heterocycles. The lowest BCUT2D eigenvalue weighted by Gasteiger charge is -2.34. The number of amides is 1. The second-order valence-corrected chi connectivity index (χ2v) is 10.0. The number of fused-ring (bicyclic) bond motifs is 1. The molecule has 33 heavy (non-hydrogen) atoms. The van der Waals surface area contributed by atoms with E-state index in [0.29, 0.717) is 11.9 Å². The zero-order valence-electron chi connectivity index (χ0n) is 20.2. The van der Waals surface area contributed by atoms with Crippen LogP contribution in [-0.2, 0) is 4.79 Å². The summed E-state index contributed by atoms with van der Waals surface area (Å²) in [6, 6.07) is 6.73. The molecule has 2 aromatic heterocycles. The minimum absolute atomic E-state index is 0.0177. The number of aryl methyl sites for hydroxylation is 2. The van der Waals surface area contributed by atoms with E-state index in [2.05, 4.69) is 51.8 Å². The number of nitrogens with zero attached hydrogens (tertiary/aromatic N) is 3. The van der Waals surface area contributed by atoms with E-state index in [0.717, 1.165) is 59.2 Å². The van der Waals surface area contributed by atoms with Gasteiger partial charge in [-0.1, -0.05) is 11.2 Å². The maximum Gasteiger partial charge on any atom is 0.239 e. The van der Waals surface area contributed by atoms with Gasteiger partial charge in [0.15, 0.2) is 0 Å². The van der Waals surface area contributed by atoms with Gasteiger partial charge in [-0.25, -0.2) is 9.97 Å². The molecule has 0 spiro atoms. The molecule has 1 aromatic carbocycles. The number of hydrogen-bond donors (Lipinski definition) is 3. The predicted octanol–water partition coefficient (Wildman–Crippen LogP) is 4.13. The average molecular weight is 451 g/mol. The Morgan fingerprint density at radius 1 is 1.09 bits per heavy atom. The molecule has 176 valence electrons. The quantitative estimate of drug-likeness (QED) is 0.519. The Hall–Kier alpha value is -3.00. The zero-order valence-corrected chi connectivity index (χ0v) is 20.2. The van der Waals surface area contributed by atoms with Crippen molar-refractivity contribution >= 4 is 22.6 Å². The first kappa shape index (κ1) is 23.2. The van der Waals surface area contributed by atoms with Crippen LogP contribution in [0, 0.1) is 13.8 Å². The summed E-state index contributed by atoms with van der Waals surface area (Å²) in [6.45, 7) is 10.6. The van der Waals surface area contributed by atoms with E-state index in [1.54, 1.807) is 0 Å². The molecule has 4 rings (SSSR count). The summed E-state index contributed by atoms with van der Waals surface area (Å²) in [5.74, 6) is 1.39. The standard InChI is InChI=1S/C25H34N6O2/c1-15-23(16(2)33-31-15)17-6-11-21-20(12-17)24(28-14-27-21)26-13-22(32)29-18-7-9-19(10-8-18)30-25(3,4)5/h6,11-12,14,18-19,30H,7-10,13H2,1-5H3,(H,29,32)(H,26,27,28). The lowest BCUT2D eigenvalue weighted by Crippen LogP contribution is -2.48. The Morgan fingerprint density at radius 3 is 2.48 bits per heavy atom. The smallest absolute Gasteiger partial charge is 0.239 e. The van der Waals surface area contributed by atoms with Crippen molar-refractivity contribution in [1.29, 1.82) is 0 Å². The van der Waals surface area contributed by atoms with E-state index >= 15 is 0 Å². The van der Waals surface area contributed by atoms with Gasteiger partial charge in [-0.3, -0.25) is 4.79 Å². The molecule has 3 N–H and O–H groups in total. The highest BCUT2D eigenvalue weighted by Crippen LogP contribution is 2.31. The molecule has 1 aliphatic carbocycles. The Balaban J connectivity index is 1.38. The van der Waals surface area contributed by atoms with Crippen LogP contribution in [0.5, 0.6) is 0 Å². The van der Waals surface area contributed by atoms with Gasteiger partial charge in [0, 0.05) is 28.6 Å². The maximum absolute atomic E-state index is 12.6. The van der Waals surface area contributed by atoms with Crippen LogP contribution >= 0.6 is 0 Å². The summed E-state index contributed by atoms with van der Waals surface area (Å²) in [4.78, 5) is 21.4. The summed E-state index contributed by atoms with van der Waals surface area (Å²) < 4.78 is 5.32. The number of benzene rings is 1. The zero-order chi connectivity index (χ0) is 23.6. The largest absolute Gasteiger partial charge is 0.361 e. The van der Waals surface area contributed by atoms with Gasteiger partial charge in [-0.2, -0.15) is 0 Å².